The van der Waals surface area contributed by atoms with Crippen molar-refractivity contribution in [1.82, 2.24) is 0 Å². The van der Waals surface area contributed by atoms with Crippen LogP contribution in [0.25, 0.3) is 11.1 Å². The number of rotatable bonds is 1. The number of benzene rings is 2. The molecule has 0 saturated carbocycles. The van der Waals surface area contributed by atoms with Crippen LogP contribution in [0.5, 0.6) is 0 Å². The van der Waals surface area contributed by atoms with Crippen molar-refractivity contribution >= 4 is 15.9 Å². The molecule has 2 rings (SSSR count). The van der Waals surface area contributed by atoms with Crippen LogP contribution in [-0.4, -0.2) is 0 Å². The molecule has 0 aliphatic carbocycles. The molecule has 0 atom stereocenters. The van der Waals surface area contributed by atoms with Gasteiger partial charge in [0.1, 0.15) is 0 Å². The van der Waals surface area contributed by atoms with Gasteiger partial charge in [0.25, 0.3) is 0 Å². The molecule has 0 fully saturated rings. The van der Waals surface area contributed by atoms with Gasteiger partial charge < -0.3 is 0 Å². The first kappa shape index (κ1) is 10.4. The zero-order chi connectivity index (χ0) is 10.8. The van der Waals surface area contributed by atoms with E-state index in [4.69, 9.17) is 0 Å². The second-order valence-electron chi connectivity index (χ2n) is 3.64. The molecule has 0 saturated heterocycles. The Hall–Kier alpha value is -1.08. The Labute approximate surface area is 99.1 Å². The smallest absolute Gasteiger partial charge is 0.0253 e. The molecule has 15 heavy (non-hydrogen) atoms. The topological polar surface area (TPSA) is 0 Å². The summed E-state index contributed by atoms with van der Waals surface area (Å²) in [4.78, 5) is 0. The van der Waals surface area contributed by atoms with Gasteiger partial charge in [-0.3, -0.25) is 0 Å². The van der Waals surface area contributed by atoms with Crippen molar-refractivity contribution < 1.29 is 0 Å². The van der Waals surface area contributed by atoms with E-state index in [0.29, 0.717) is 0 Å². The summed E-state index contributed by atoms with van der Waals surface area (Å²) in [5.41, 5.74) is 5.01. The third-order valence-corrected chi connectivity index (χ3v) is 3.24. The van der Waals surface area contributed by atoms with E-state index in [0.717, 1.165) is 4.47 Å². The molecular formula is C14H12Br. The van der Waals surface area contributed by atoms with Crippen LogP contribution in [0, 0.1) is 19.9 Å². The second kappa shape index (κ2) is 4.19. The lowest BCUT2D eigenvalue weighted by Crippen LogP contribution is -1.88. The molecule has 75 valence electrons. The van der Waals surface area contributed by atoms with Gasteiger partial charge in [0.05, 0.1) is 0 Å². The Morgan fingerprint density at radius 2 is 1.80 bits per heavy atom. The minimum atomic E-state index is 1.14. The van der Waals surface area contributed by atoms with Crippen molar-refractivity contribution in [2.45, 2.75) is 13.8 Å². The summed E-state index contributed by atoms with van der Waals surface area (Å²) in [6.45, 7) is 4.23. The summed E-state index contributed by atoms with van der Waals surface area (Å²) in [7, 11) is 0. The molecule has 0 spiro atoms. The average Bonchev–Trinajstić information content (AvgIpc) is 2.20. The first-order valence-corrected chi connectivity index (χ1v) is 5.72. The molecule has 0 aliphatic rings. The number of aryl methyl sites for hydroxylation is 2. The fraction of sp³-hybridized carbons (Fsp3) is 0.143. The summed E-state index contributed by atoms with van der Waals surface area (Å²) >= 11 is 3.59. The fourth-order valence-electron chi connectivity index (χ4n) is 1.82. The second-order valence-corrected chi connectivity index (χ2v) is 4.49. The van der Waals surface area contributed by atoms with Gasteiger partial charge >= 0.3 is 0 Å². The predicted octanol–water partition coefficient (Wildman–Crippen LogP) is 4.53. The van der Waals surface area contributed by atoms with Gasteiger partial charge in [-0.15, -0.1) is 0 Å². The van der Waals surface area contributed by atoms with Crippen LogP contribution in [0.1, 0.15) is 11.1 Å². The summed E-state index contributed by atoms with van der Waals surface area (Å²) < 4.78 is 1.14. The molecule has 0 nitrogen and oxygen atoms in total. The molecule has 0 amide bonds. The van der Waals surface area contributed by atoms with Gasteiger partial charge in [0.15, 0.2) is 0 Å². The monoisotopic (exact) mass is 259 g/mol. The lowest BCUT2D eigenvalue weighted by atomic mass is 9.96. The van der Waals surface area contributed by atoms with Crippen LogP contribution in [0.15, 0.2) is 40.9 Å². The van der Waals surface area contributed by atoms with Gasteiger partial charge in [-0.05, 0) is 48.2 Å². The highest BCUT2D eigenvalue weighted by Crippen LogP contribution is 2.32. The highest BCUT2D eigenvalue weighted by Gasteiger charge is 2.07. The molecule has 0 unspecified atom stereocenters. The Morgan fingerprint density at radius 3 is 2.47 bits per heavy atom. The lowest BCUT2D eigenvalue weighted by molar-refractivity contribution is 1.36. The summed E-state index contributed by atoms with van der Waals surface area (Å²) in [6.07, 6.45) is 0. The minimum absolute atomic E-state index is 1.14. The van der Waals surface area contributed by atoms with E-state index in [-0.39, 0.29) is 0 Å². The molecule has 0 aliphatic heterocycles. The predicted molar refractivity (Wildman–Crippen MR) is 67.9 cm³/mol. The zero-order valence-electron chi connectivity index (χ0n) is 8.84. The molecule has 0 heterocycles. The molecule has 0 bridgehead atoms. The molecule has 0 aromatic heterocycles. The first-order valence-electron chi connectivity index (χ1n) is 4.93. The molecular weight excluding hydrogens is 248 g/mol. The van der Waals surface area contributed by atoms with E-state index in [1.54, 1.807) is 0 Å². The maximum Gasteiger partial charge on any atom is 0.0253 e. The number of hydrogen-bond donors (Lipinski definition) is 0. The normalized spacial score (nSPS) is 10.3. The Morgan fingerprint density at radius 1 is 1.07 bits per heavy atom. The van der Waals surface area contributed by atoms with E-state index in [2.05, 4.69) is 60.1 Å². The lowest BCUT2D eigenvalue weighted by Gasteiger charge is -2.10. The molecule has 2 aromatic rings. The van der Waals surface area contributed by atoms with Gasteiger partial charge in [0, 0.05) is 4.47 Å². The van der Waals surface area contributed by atoms with Crippen LogP contribution in [0.2, 0.25) is 0 Å². The van der Waals surface area contributed by atoms with Crippen molar-refractivity contribution in [1.29, 1.82) is 0 Å². The van der Waals surface area contributed by atoms with Crippen LogP contribution in [-0.2, 0) is 0 Å². The van der Waals surface area contributed by atoms with Gasteiger partial charge in [0.2, 0.25) is 0 Å². The summed E-state index contributed by atoms with van der Waals surface area (Å²) in [6, 6.07) is 15.6. The van der Waals surface area contributed by atoms with E-state index in [1.807, 2.05) is 12.1 Å². The SMILES string of the molecule is Cc1[c]ccc(C)c1-c1ccccc1Br. The van der Waals surface area contributed by atoms with Gasteiger partial charge in [-0.2, -0.15) is 0 Å². The maximum atomic E-state index is 3.59. The first-order chi connectivity index (χ1) is 7.20. The zero-order valence-corrected chi connectivity index (χ0v) is 10.4. The fourth-order valence-corrected chi connectivity index (χ4v) is 2.30. The van der Waals surface area contributed by atoms with Crippen molar-refractivity contribution in [3.8, 4) is 11.1 Å². The van der Waals surface area contributed by atoms with Crippen molar-refractivity contribution in [3.05, 3.63) is 58.1 Å². The van der Waals surface area contributed by atoms with Crippen LogP contribution in [0.3, 0.4) is 0 Å². The maximum absolute atomic E-state index is 3.59. The number of halogens is 1. The van der Waals surface area contributed by atoms with Gasteiger partial charge in [-0.1, -0.05) is 46.3 Å². The number of hydrogen-bond acceptors (Lipinski definition) is 0. The molecule has 1 radical (unpaired) electrons. The van der Waals surface area contributed by atoms with Crippen molar-refractivity contribution in [2.24, 2.45) is 0 Å². The third-order valence-electron chi connectivity index (χ3n) is 2.55. The Balaban J connectivity index is 2.69. The minimum Gasteiger partial charge on any atom is -0.0616 e. The largest absolute Gasteiger partial charge is 0.0616 e. The van der Waals surface area contributed by atoms with Crippen molar-refractivity contribution in [2.75, 3.05) is 0 Å². The quantitative estimate of drug-likeness (QED) is 0.706. The average molecular weight is 260 g/mol. The third kappa shape index (κ3) is 1.98. The van der Waals surface area contributed by atoms with E-state index >= 15 is 0 Å². The molecule has 2 aromatic carbocycles. The van der Waals surface area contributed by atoms with Gasteiger partial charge in [-0.25, -0.2) is 0 Å². The van der Waals surface area contributed by atoms with Crippen LogP contribution in [0.4, 0.5) is 0 Å². The van der Waals surface area contributed by atoms with Crippen molar-refractivity contribution in [3.63, 3.8) is 0 Å². The van der Waals surface area contributed by atoms with E-state index in [1.165, 1.54) is 22.3 Å². The Kier molecular flexibility index (Phi) is 2.92. The standard InChI is InChI=1S/C14H12Br/c1-10-6-5-7-11(2)14(10)12-8-3-4-9-13(12)15/h3-6,8-9H,1-2H3. The Bertz CT molecular complexity index is 466. The highest BCUT2D eigenvalue weighted by molar-refractivity contribution is 9.10. The summed E-state index contributed by atoms with van der Waals surface area (Å²) in [5.74, 6) is 0. The van der Waals surface area contributed by atoms with Crippen LogP contribution >= 0.6 is 15.9 Å². The van der Waals surface area contributed by atoms with Crippen LogP contribution < -0.4 is 0 Å². The highest BCUT2D eigenvalue weighted by atomic mass is 79.9. The molecule has 0 N–H and O–H groups in total. The molecule has 1 heteroatoms. The van der Waals surface area contributed by atoms with E-state index in [9.17, 15) is 0 Å². The van der Waals surface area contributed by atoms with E-state index < -0.39 is 0 Å². The summed E-state index contributed by atoms with van der Waals surface area (Å²) in [5, 5.41) is 0.